The second kappa shape index (κ2) is 6.12. The normalized spacial score (nSPS) is 10.6. The molecule has 0 saturated carbocycles. The van der Waals surface area contributed by atoms with Crippen molar-refractivity contribution in [1.29, 1.82) is 0 Å². The van der Waals surface area contributed by atoms with E-state index in [1.54, 1.807) is 12.4 Å². The van der Waals surface area contributed by atoms with Gasteiger partial charge in [0.15, 0.2) is 0 Å². The Labute approximate surface area is 120 Å². The summed E-state index contributed by atoms with van der Waals surface area (Å²) in [6.07, 6.45) is 3.15. The van der Waals surface area contributed by atoms with Gasteiger partial charge in [-0.2, -0.15) is 8.78 Å². The SMILES string of the molecule is FC(F)Oc1ccc(Nc2ncc(Br)cn2)cc1Cl. The number of rotatable bonds is 4. The van der Waals surface area contributed by atoms with Crippen LogP contribution < -0.4 is 10.1 Å². The highest BCUT2D eigenvalue weighted by Gasteiger charge is 2.09. The van der Waals surface area contributed by atoms with Crippen molar-refractivity contribution >= 4 is 39.2 Å². The van der Waals surface area contributed by atoms with Crippen LogP contribution in [0.15, 0.2) is 35.1 Å². The molecule has 0 aliphatic rings. The van der Waals surface area contributed by atoms with Crippen LogP contribution in [0.25, 0.3) is 0 Å². The average Bonchev–Trinajstić information content (AvgIpc) is 2.35. The maximum Gasteiger partial charge on any atom is 0.387 e. The van der Waals surface area contributed by atoms with Crippen molar-refractivity contribution in [2.45, 2.75) is 6.61 Å². The molecule has 4 nitrogen and oxygen atoms in total. The second-order valence-corrected chi connectivity index (χ2v) is 4.70. The lowest BCUT2D eigenvalue weighted by molar-refractivity contribution is -0.0497. The zero-order valence-corrected chi connectivity index (χ0v) is 11.6. The highest BCUT2D eigenvalue weighted by molar-refractivity contribution is 9.10. The Hall–Kier alpha value is -1.47. The Bertz CT molecular complexity index is 568. The summed E-state index contributed by atoms with van der Waals surface area (Å²) in [4.78, 5) is 8.02. The van der Waals surface area contributed by atoms with E-state index in [1.807, 2.05) is 0 Å². The van der Waals surface area contributed by atoms with Gasteiger partial charge in [-0.1, -0.05) is 11.6 Å². The van der Waals surface area contributed by atoms with E-state index in [1.165, 1.54) is 18.2 Å². The van der Waals surface area contributed by atoms with E-state index >= 15 is 0 Å². The van der Waals surface area contributed by atoms with Crippen LogP contribution in [0.5, 0.6) is 5.75 Å². The minimum atomic E-state index is -2.91. The van der Waals surface area contributed by atoms with Gasteiger partial charge in [0.2, 0.25) is 5.95 Å². The van der Waals surface area contributed by atoms with Gasteiger partial charge in [0.25, 0.3) is 0 Å². The highest BCUT2D eigenvalue weighted by atomic mass is 79.9. The molecule has 0 aliphatic carbocycles. The van der Waals surface area contributed by atoms with Gasteiger partial charge in [0, 0.05) is 18.1 Å². The topological polar surface area (TPSA) is 47.0 Å². The summed E-state index contributed by atoms with van der Waals surface area (Å²) in [5, 5.41) is 2.95. The van der Waals surface area contributed by atoms with Crippen LogP contribution in [0.4, 0.5) is 20.4 Å². The number of hydrogen-bond donors (Lipinski definition) is 1. The van der Waals surface area contributed by atoms with Crippen LogP contribution in [0, 0.1) is 0 Å². The minimum Gasteiger partial charge on any atom is -0.433 e. The number of hydrogen-bond acceptors (Lipinski definition) is 4. The van der Waals surface area contributed by atoms with Crippen molar-refractivity contribution in [2.24, 2.45) is 0 Å². The van der Waals surface area contributed by atoms with Gasteiger partial charge in [-0.25, -0.2) is 9.97 Å². The maximum atomic E-state index is 12.1. The first-order valence-electron chi connectivity index (χ1n) is 5.03. The summed E-state index contributed by atoms with van der Waals surface area (Å²) in [5.41, 5.74) is 0.564. The molecular formula is C11H7BrClF2N3O. The number of halogens is 4. The molecule has 0 saturated heterocycles. The lowest BCUT2D eigenvalue weighted by atomic mass is 10.3. The van der Waals surface area contributed by atoms with E-state index in [-0.39, 0.29) is 10.8 Å². The first kappa shape index (κ1) is 14.0. The molecule has 1 N–H and O–H groups in total. The lowest BCUT2D eigenvalue weighted by Crippen LogP contribution is -2.03. The van der Waals surface area contributed by atoms with Crippen molar-refractivity contribution in [3.8, 4) is 5.75 Å². The second-order valence-electron chi connectivity index (χ2n) is 3.37. The molecule has 0 spiro atoms. The zero-order valence-electron chi connectivity index (χ0n) is 9.28. The van der Waals surface area contributed by atoms with E-state index in [2.05, 4.69) is 36.0 Å². The van der Waals surface area contributed by atoms with Crippen molar-refractivity contribution in [3.05, 3.63) is 40.1 Å². The Morgan fingerprint density at radius 3 is 2.53 bits per heavy atom. The fourth-order valence-corrected chi connectivity index (χ4v) is 1.71. The van der Waals surface area contributed by atoms with Gasteiger partial charge in [0.1, 0.15) is 5.75 Å². The van der Waals surface area contributed by atoms with Gasteiger partial charge in [0.05, 0.1) is 9.50 Å². The molecule has 0 fully saturated rings. The highest BCUT2D eigenvalue weighted by Crippen LogP contribution is 2.29. The van der Waals surface area contributed by atoms with E-state index < -0.39 is 6.61 Å². The fraction of sp³-hybridized carbons (Fsp3) is 0.0909. The van der Waals surface area contributed by atoms with E-state index in [0.29, 0.717) is 11.6 Å². The van der Waals surface area contributed by atoms with Crippen molar-refractivity contribution in [1.82, 2.24) is 9.97 Å². The van der Waals surface area contributed by atoms with Crippen LogP contribution in [0.3, 0.4) is 0 Å². The summed E-state index contributed by atoms with van der Waals surface area (Å²) in [7, 11) is 0. The quantitative estimate of drug-likeness (QED) is 0.896. The standard InChI is InChI=1S/C11H7BrClF2N3O/c12-6-4-16-11(17-5-6)18-7-1-2-9(8(13)3-7)19-10(14)15/h1-5,10H,(H,16,17,18). The minimum absolute atomic E-state index is 0.0717. The summed E-state index contributed by atoms with van der Waals surface area (Å²) in [5.74, 6) is 0.278. The van der Waals surface area contributed by atoms with Crippen molar-refractivity contribution in [3.63, 3.8) is 0 Å². The summed E-state index contributed by atoms with van der Waals surface area (Å²) in [6.45, 7) is -2.91. The number of ether oxygens (including phenoxy) is 1. The molecule has 1 heterocycles. The van der Waals surface area contributed by atoms with E-state index in [0.717, 1.165) is 4.47 Å². The van der Waals surface area contributed by atoms with E-state index in [9.17, 15) is 8.78 Å². The number of benzene rings is 1. The predicted molar refractivity (Wildman–Crippen MR) is 71.1 cm³/mol. The third-order valence-electron chi connectivity index (χ3n) is 2.02. The molecule has 0 unspecified atom stereocenters. The number of anilines is 2. The number of aromatic nitrogens is 2. The average molecular weight is 351 g/mol. The summed E-state index contributed by atoms with van der Waals surface area (Å²) >= 11 is 9.03. The van der Waals surface area contributed by atoms with Gasteiger partial charge in [-0.15, -0.1) is 0 Å². The molecular weight excluding hydrogens is 343 g/mol. The predicted octanol–water partition coefficient (Wildman–Crippen LogP) is 4.24. The number of nitrogens with one attached hydrogen (secondary N) is 1. The smallest absolute Gasteiger partial charge is 0.387 e. The Balaban J connectivity index is 2.13. The first-order valence-corrected chi connectivity index (χ1v) is 6.20. The Kier molecular flexibility index (Phi) is 4.49. The monoisotopic (exact) mass is 349 g/mol. The van der Waals surface area contributed by atoms with Crippen LogP contribution in [-0.2, 0) is 0 Å². The summed E-state index contributed by atoms with van der Waals surface area (Å²) < 4.78 is 29.1. The van der Waals surface area contributed by atoms with Gasteiger partial charge in [-0.05, 0) is 34.1 Å². The Morgan fingerprint density at radius 2 is 1.95 bits per heavy atom. The zero-order chi connectivity index (χ0) is 13.8. The lowest BCUT2D eigenvalue weighted by Gasteiger charge is -2.09. The molecule has 0 radical (unpaired) electrons. The molecule has 0 bridgehead atoms. The summed E-state index contributed by atoms with van der Waals surface area (Å²) in [6, 6.07) is 4.33. The van der Waals surface area contributed by atoms with E-state index in [4.69, 9.17) is 11.6 Å². The third kappa shape index (κ3) is 4.00. The maximum absolute atomic E-state index is 12.1. The fourth-order valence-electron chi connectivity index (χ4n) is 1.28. The first-order chi connectivity index (χ1) is 9.04. The van der Waals surface area contributed by atoms with Crippen molar-refractivity contribution < 1.29 is 13.5 Å². The Morgan fingerprint density at radius 1 is 1.26 bits per heavy atom. The molecule has 1 aromatic heterocycles. The molecule has 1 aromatic carbocycles. The molecule has 100 valence electrons. The van der Waals surface area contributed by atoms with Crippen LogP contribution in [0.1, 0.15) is 0 Å². The van der Waals surface area contributed by atoms with Gasteiger partial charge in [-0.3, -0.25) is 0 Å². The van der Waals surface area contributed by atoms with Crippen LogP contribution >= 0.6 is 27.5 Å². The molecule has 0 amide bonds. The number of alkyl halides is 2. The molecule has 2 rings (SSSR count). The molecule has 8 heteroatoms. The third-order valence-corrected chi connectivity index (χ3v) is 2.73. The van der Waals surface area contributed by atoms with Gasteiger partial charge < -0.3 is 10.1 Å². The molecule has 2 aromatic rings. The van der Waals surface area contributed by atoms with Gasteiger partial charge >= 0.3 is 6.61 Å². The molecule has 0 aliphatic heterocycles. The largest absolute Gasteiger partial charge is 0.433 e. The molecule has 19 heavy (non-hydrogen) atoms. The van der Waals surface area contributed by atoms with Crippen LogP contribution in [-0.4, -0.2) is 16.6 Å². The van der Waals surface area contributed by atoms with Crippen LogP contribution in [0.2, 0.25) is 5.02 Å². The molecule has 0 atom stereocenters. The number of nitrogens with zero attached hydrogens (tertiary/aromatic N) is 2. The van der Waals surface area contributed by atoms with Crippen molar-refractivity contribution in [2.75, 3.05) is 5.32 Å².